The van der Waals surface area contributed by atoms with Gasteiger partial charge in [0.1, 0.15) is 16.7 Å². The van der Waals surface area contributed by atoms with E-state index in [-0.39, 0.29) is 41.2 Å². The number of benzene rings is 2. The number of rotatable bonds is 9. The Morgan fingerprint density at radius 1 is 1.22 bits per heavy atom. The van der Waals surface area contributed by atoms with Crippen LogP contribution in [0.1, 0.15) is 50.2 Å². The molecule has 1 saturated heterocycles. The van der Waals surface area contributed by atoms with E-state index in [1.165, 1.54) is 17.0 Å². The lowest BCUT2D eigenvalue weighted by Gasteiger charge is -2.32. The number of nitrogens with one attached hydrogen (secondary N) is 1. The fourth-order valence-electron chi connectivity index (χ4n) is 4.10. The first-order chi connectivity index (χ1) is 17.8. The van der Waals surface area contributed by atoms with Gasteiger partial charge in [-0.05, 0) is 53.7 Å². The molecule has 194 valence electrons. The molecule has 10 nitrogen and oxygen atoms in total. The minimum atomic E-state index is -1.13. The molecule has 0 saturated carbocycles. The highest BCUT2D eigenvalue weighted by molar-refractivity contribution is 7.09. The van der Waals surface area contributed by atoms with Gasteiger partial charge in [0.15, 0.2) is 5.69 Å². The van der Waals surface area contributed by atoms with E-state index >= 15 is 0 Å². The van der Waals surface area contributed by atoms with Crippen molar-refractivity contribution in [2.75, 3.05) is 18.9 Å². The van der Waals surface area contributed by atoms with E-state index in [0.717, 1.165) is 24.4 Å². The number of carbonyl (C=O) groups is 3. The molecule has 1 aliphatic rings. The minimum absolute atomic E-state index is 0.00375. The van der Waals surface area contributed by atoms with Crippen molar-refractivity contribution in [1.29, 1.82) is 0 Å². The quantitative estimate of drug-likeness (QED) is 0.322. The first-order valence-corrected chi connectivity index (χ1v) is 12.7. The maximum Gasteiger partial charge on any atom is 0.270 e. The number of halogens is 1. The molecular formula is C25H26ClN5O5S. The Kier molecular flexibility index (Phi) is 8.27. The Morgan fingerprint density at radius 2 is 1.95 bits per heavy atom. The van der Waals surface area contributed by atoms with Crippen molar-refractivity contribution in [1.82, 2.24) is 14.6 Å². The molecule has 2 heterocycles. The van der Waals surface area contributed by atoms with Crippen LogP contribution in [0.15, 0.2) is 48.5 Å². The summed E-state index contributed by atoms with van der Waals surface area (Å²) in [5, 5.41) is 13.1. The first kappa shape index (κ1) is 26.4. The molecule has 1 fully saturated rings. The van der Waals surface area contributed by atoms with E-state index < -0.39 is 23.8 Å². The fraction of sp³-hybridized carbons (Fsp3) is 0.280. The second kappa shape index (κ2) is 11.6. The number of nitrogens with two attached hydrogens (primary N) is 2. The highest BCUT2D eigenvalue weighted by Gasteiger charge is 2.35. The Labute approximate surface area is 222 Å². The van der Waals surface area contributed by atoms with Crippen molar-refractivity contribution >= 4 is 46.5 Å². The number of phenols is 1. The van der Waals surface area contributed by atoms with Gasteiger partial charge in [0, 0.05) is 24.7 Å². The second-order valence-electron chi connectivity index (χ2n) is 8.54. The zero-order valence-corrected chi connectivity index (χ0v) is 21.3. The molecular weight excluding hydrogens is 518 g/mol. The summed E-state index contributed by atoms with van der Waals surface area (Å²) in [6, 6.07) is 11.8. The highest BCUT2D eigenvalue weighted by atomic mass is 35.5. The van der Waals surface area contributed by atoms with E-state index in [2.05, 4.69) is 9.69 Å². The van der Waals surface area contributed by atoms with Gasteiger partial charge < -0.3 is 31.5 Å². The molecule has 3 aromatic rings. The third-order valence-electron chi connectivity index (χ3n) is 6.01. The number of amides is 3. The lowest BCUT2D eigenvalue weighted by Crippen LogP contribution is -2.45. The van der Waals surface area contributed by atoms with Gasteiger partial charge in [0.2, 0.25) is 5.91 Å². The number of hydrogen-bond donors (Lipinski definition) is 4. The SMILES string of the molecule is NC(=O)c1nsc(C(=O)N(Cc2ccccc2Cl)[C@H](C(=O)NC[C@@H]2CCCO2)c2ccc(O)cc2)c1N. The number of phenolic OH excluding ortho intramolecular Hbond substituents is 1. The lowest BCUT2D eigenvalue weighted by molar-refractivity contribution is -0.126. The summed E-state index contributed by atoms with van der Waals surface area (Å²) in [7, 11) is 0. The Morgan fingerprint density at radius 3 is 2.57 bits per heavy atom. The number of hydrogen-bond acceptors (Lipinski definition) is 8. The molecule has 0 radical (unpaired) electrons. The minimum Gasteiger partial charge on any atom is -0.508 e. The average Bonchev–Trinajstić information content (AvgIpc) is 3.54. The van der Waals surface area contributed by atoms with Crippen LogP contribution in [0.5, 0.6) is 5.75 Å². The standard InChI is InChI=1S/C25H26ClN5O5S/c26-18-6-2-1-4-15(18)13-31(25(35)22-19(27)20(23(28)33)30-37-22)21(14-7-9-16(32)10-8-14)24(34)29-12-17-5-3-11-36-17/h1-2,4,6-10,17,21,32H,3,5,11-13,27H2,(H2,28,33)(H,29,34)/t17-,21-/m0/s1. The smallest absolute Gasteiger partial charge is 0.270 e. The summed E-state index contributed by atoms with van der Waals surface area (Å²) in [5.41, 5.74) is 12.1. The summed E-state index contributed by atoms with van der Waals surface area (Å²) in [6.07, 6.45) is 1.61. The summed E-state index contributed by atoms with van der Waals surface area (Å²) in [4.78, 5) is 40.6. The second-order valence-corrected chi connectivity index (χ2v) is 9.72. The molecule has 6 N–H and O–H groups in total. The third-order valence-corrected chi connectivity index (χ3v) is 7.23. The Hall–Kier alpha value is -3.67. The molecule has 1 aliphatic heterocycles. The summed E-state index contributed by atoms with van der Waals surface area (Å²) >= 11 is 7.14. The molecule has 0 bridgehead atoms. The van der Waals surface area contributed by atoms with Gasteiger partial charge in [0.05, 0.1) is 11.8 Å². The van der Waals surface area contributed by atoms with Crippen molar-refractivity contribution in [3.63, 3.8) is 0 Å². The van der Waals surface area contributed by atoms with Crippen LogP contribution in [-0.4, -0.2) is 51.4 Å². The van der Waals surface area contributed by atoms with Crippen LogP contribution in [0.4, 0.5) is 5.69 Å². The van der Waals surface area contributed by atoms with Crippen molar-refractivity contribution in [2.45, 2.75) is 31.5 Å². The summed E-state index contributed by atoms with van der Waals surface area (Å²) < 4.78 is 9.56. The van der Waals surface area contributed by atoms with Gasteiger partial charge >= 0.3 is 0 Å². The highest BCUT2D eigenvalue weighted by Crippen LogP contribution is 2.32. The van der Waals surface area contributed by atoms with Gasteiger partial charge in [-0.15, -0.1) is 0 Å². The Balaban J connectivity index is 1.77. The van der Waals surface area contributed by atoms with E-state index in [1.807, 2.05) is 0 Å². The largest absolute Gasteiger partial charge is 0.508 e. The van der Waals surface area contributed by atoms with Gasteiger partial charge in [-0.1, -0.05) is 41.9 Å². The zero-order chi connectivity index (χ0) is 26.5. The van der Waals surface area contributed by atoms with E-state index in [4.69, 9.17) is 27.8 Å². The number of carbonyl (C=O) groups excluding carboxylic acids is 3. The van der Waals surface area contributed by atoms with Crippen molar-refractivity contribution in [3.8, 4) is 5.75 Å². The van der Waals surface area contributed by atoms with Crippen LogP contribution >= 0.6 is 23.1 Å². The molecule has 1 aromatic heterocycles. The first-order valence-electron chi connectivity index (χ1n) is 11.5. The van der Waals surface area contributed by atoms with E-state index in [0.29, 0.717) is 22.8 Å². The number of nitrogen functional groups attached to an aromatic ring is 1. The average molecular weight is 544 g/mol. The number of nitrogens with zero attached hydrogens (tertiary/aromatic N) is 2. The topological polar surface area (TPSA) is 161 Å². The molecule has 0 unspecified atom stereocenters. The van der Waals surface area contributed by atoms with Gasteiger partial charge in [0.25, 0.3) is 11.8 Å². The maximum absolute atomic E-state index is 13.9. The van der Waals surface area contributed by atoms with Crippen LogP contribution in [0.3, 0.4) is 0 Å². The molecule has 4 rings (SSSR count). The maximum atomic E-state index is 13.9. The van der Waals surface area contributed by atoms with Crippen molar-refractivity contribution < 1.29 is 24.2 Å². The molecule has 2 atom stereocenters. The van der Waals surface area contributed by atoms with Crippen LogP contribution in [-0.2, 0) is 16.1 Å². The number of primary amides is 1. The van der Waals surface area contributed by atoms with E-state index in [1.54, 1.807) is 36.4 Å². The number of anilines is 1. The monoisotopic (exact) mass is 543 g/mol. The summed E-state index contributed by atoms with van der Waals surface area (Å²) in [6.45, 7) is 0.850. The van der Waals surface area contributed by atoms with E-state index in [9.17, 15) is 19.5 Å². The third kappa shape index (κ3) is 6.01. The predicted molar refractivity (Wildman–Crippen MR) is 139 cm³/mol. The van der Waals surface area contributed by atoms with Gasteiger partial charge in [-0.25, -0.2) is 0 Å². The van der Waals surface area contributed by atoms with Gasteiger partial charge in [-0.2, -0.15) is 4.37 Å². The molecule has 2 aromatic carbocycles. The van der Waals surface area contributed by atoms with Crippen LogP contribution < -0.4 is 16.8 Å². The van der Waals surface area contributed by atoms with Gasteiger partial charge in [-0.3, -0.25) is 14.4 Å². The van der Waals surface area contributed by atoms with Crippen LogP contribution in [0, 0.1) is 0 Å². The number of ether oxygens (including phenoxy) is 1. The van der Waals surface area contributed by atoms with Crippen molar-refractivity contribution in [2.24, 2.45) is 5.73 Å². The molecule has 37 heavy (non-hydrogen) atoms. The predicted octanol–water partition coefficient (Wildman–Crippen LogP) is 2.86. The molecule has 0 aliphatic carbocycles. The lowest BCUT2D eigenvalue weighted by atomic mass is 10.0. The summed E-state index contributed by atoms with van der Waals surface area (Å²) in [5.74, 6) is -1.95. The fourth-order valence-corrected chi connectivity index (χ4v) is 5.05. The molecule has 3 amide bonds. The normalized spacial score (nSPS) is 15.8. The number of aromatic nitrogens is 1. The van der Waals surface area contributed by atoms with Crippen LogP contribution in [0.2, 0.25) is 5.02 Å². The van der Waals surface area contributed by atoms with Crippen molar-refractivity contribution in [3.05, 3.63) is 75.3 Å². The molecule has 12 heteroatoms. The molecule has 0 spiro atoms. The zero-order valence-electron chi connectivity index (χ0n) is 19.7. The van der Waals surface area contributed by atoms with Crippen LogP contribution in [0.25, 0.3) is 0 Å². The number of aromatic hydroxyl groups is 1. The Bertz CT molecular complexity index is 1290.